The Morgan fingerprint density at radius 3 is 2.17 bits per heavy atom. The molecule has 0 aromatic carbocycles. The Kier molecular flexibility index (Phi) is 9.85. The number of amides is 3. The van der Waals surface area contributed by atoms with Gasteiger partial charge in [-0.05, 0) is 26.3 Å². The van der Waals surface area contributed by atoms with Crippen LogP contribution in [-0.4, -0.2) is 87.5 Å². The van der Waals surface area contributed by atoms with E-state index in [1.807, 2.05) is 5.32 Å². The molecule has 5 atom stereocenters. The molecule has 3 amide bonds. The lowest BCUT2D eigenvalue weighted by molar-refractivity contribution is -0.147. The third-order valence-corrected chi connectivity index (χ3v) is 4.61. The highest BCUT2D eigenvalue weighted by molar-refractivity contribution is 7.80. The molecule has 13 heteroatoms. The Morgan fingerprint density at radius 1 is 1.07 bits per heavy atom. The van der Waals surface area contributed by atoms with E-state index in [0.717, 1.165) is 6.42 Å². The van der Waals surface area contributed by atoms with Crippen molar-refractivity contribution >= 4 is 42.3 Å². The number of carboxylic acid groups (broad SMARTS) is 2. The predicted octanol–water partition coefficient (Wildman–Crippen LogP) is -2.94. The Balaban J connectivity index is 2.77. The number of aliphatic hydroxyl groups is 1. The number of nitrogens with one attached hydrogen (secondary N) is 4. The first-order chi connectivity index (χ1) is 13.6. The van der Waals surface area contributed by atoms with Crippen LogP contribution in [0.15, 0.2) is 0 Å². The van der Waals surface area contributed by atoms with Crippen molar-refractivity contribution in [2.45, 2.75) is 56.5 Å². The van der Waals surface area contributed by atoms with E-state index in [2.05, 4.69) is 28.6 Å². The average molecular weight is 434 g/mol. The van der Waals surface area contributed by atoms with Gasteiger partial charge < -0.3 is 36.6 Å². The van der Waals surface area contributed by atoms with Crippen molar-refractivity contribution in [3.8, 4) is 0 Å². The van der Waals surface area contributed by atoms with Crippen molar-refractivity contribution in [1.82, 2.24) is 21.3 Å². The summed E-state index contributed by atoms with van der Waals surface area (Å²) >= 11 is 4.02. The van der Waals surface area contributed by atoms with Crippen molar-refractivity contribution in [3.63, 3.8) is 0 Å². The normalized spacial score (nSPS) is 20.0. The van der Waals surface area contributed by atoms with Gasteiger partial charge in [0.1, 0.15) is 18.1 Å². The summed E-state index contributed by atoms with van der Waals surface area (Å²) in [6.45, 7) is 1.87. The van der Waals surface area contributed by atoms with E-state index in [-0.39, 0.29) is 5.75 Å². The fourth-order valence-corrected chi connectivity index (χ4v) is 2.93. The minimum absolute atomic E-state index is 0.0881. The zero-order chi connectivity index (χ0) is 22.1. The second-order valence-electron chi connectivity index (χ2n) is 6.62. The van der Waals surface area contributed by atoms with Crippen LogP contribution in [0.3, 0.4) is 0 Å². The first-order valence-electron chi connectivity index (χ1n) is 8.94. The number of carboxylic acids is 2. The highest BCUT2D eigenvalue weighted by atomic mass is 32.1. The molecule has 164 valence electrons. The maximum atomic E-state index is 12.4. The van der Waals surface area contributed by atoms with Gasteiger partial charge in [0.05, 0.1) is 18.6 Å². The molecule has 1 aliphatic rings. The van der Waals surface area contributed by atoms with Crippen LogP contribution in [0.25, 0.3) is 0 Å². The molecule has 0 aliphatic carbocycles. The van der Waals surface area contributed by atoms with Crippen LogP contribution < -0.4 is 21.3 Å². The van der Waals surface area contributed by atoms with E-state index < -0.39 is 66.4 Å². The Morgan fingerprint density at radius 2 is 1.72 bits per heavy atom. The highest BCUT2D eigenvalue weighted by Crippen LogP contribution is 2.06. The number of carbonyl (C=O) groups excluding carboxylic acids is 3. The molecule has 0 saturated carbocycles. The number of aliphatic carboxylic acids is 2. The van der Waals surface area contributed by atoms with Crippen LogP contribution in [0.1, 0.15) is 26.2 Å². The predicted molar refractivity (Wildman–Crippen MR) is 102 cm³/mol. The van der Waals surface area contributed by atoms with Gasteiger partial charge in [0.2, 0.25) is 17.7 Å². The summed E-state index contributed by atoms with van der Waals surface area (Å²) in [7, 11) is 0. The Labute approximate surface area is 172 Å². The maximum Gasteiger partial charge on any atom is 0.326 e. The second kappa shape index (κ2) is 11.6. The van der Waals surface area contributed by atoms with Gasteiger partial charge in [0.15, 0.2) is 0 Å². The lowest BCUT2D eigenvalue weighted by atomic mass is 10.1. The van der Waals surface area contributed by atoms with Crippen molar-refractivity contribution in [1.29, 1.82) is 0 Å². The minimum atomic E-state index is -1.74. The van der Waals surface area contributed by atoms with Gasteiger partial charge in [0.25, 0.3) is 0 Å². The summed E-state index contributed by atoms with van der Waals surface area (Å²) in [5.74, 6) is -5.41. The molecule has 0 spiro atoms. The largest absolute Gasteiger partial charge is 0.481 e. The van der Waals surface area contributed by atoms with Gasteiger partial charge in [-0.3, -0.25) is 19.2 Å². The van der Waals surface area contributed by atoms with Gasteiger partial charge in [-0.25, -0.2) is 4.79 Å². The Bertz CT molecular complexity index is 638. The average Bonchev–Trinajstić information content (AvgIpc) is 3.17. The molecule has 0 aromatic heterocycles. The van der Waals surface area contributed by atoms with Crippen LogP contribution in [-0.2, 0) is 24.0 Å². The standard InChI is InChI=1S/C16H26N4O8S/c1-7(21)12(15(26)18-9(16(27)28)5-11(22)23)20-14(25)10(6-29)19-13(24)8-3-2-4-17-8/h7-10,12,17,21,29H,2-6H2,1H3,(H,18,26)(H,19,24)(H,20,25)(H,22,23)(H,27,28). The van der Waals surface area contributed by atoms with Gasteiger partial charge in [0, 0.05) is 5.75 Å². The molecule has 7 N–H and O–H groups in total. The Hall–Kier alpha value is -2.38. The van der Waals surface area contributed by atoms with Crippen LogP contribution >= 0.6 is 12.6 Å². The topological polar surface area (TPSA) is 194 Å². The molecular weight excluding hydrogens is 408 g/mol. The molecule has 0 bridgehead atoms. The third-order valence-electron chi connectivity index (χ3n) is 4.25. The molecule has 1 fully saturated rings. The first-order valence-corrected chi connectivity index (χ1v) is 9.58. The molecule has 1 saturated heterocycles. The van der Waals surface area contributed by atoms with Crippen LogP contribution in [0.5, 0.6) is 0 Å². The van der Waals surface area contributed by atoms with Crippen LogP contribution in [0, 0.1) is 0 Å². The SMILES string of the molecule is CC(O)C(NC(=O)C(CS)NC(=O)C1CCCN1)C(=O)NC(CC(=O)O)C(=O)O. The van der Waals surface area contributed by atoms with Gasteiger partial charge in [-0.1, -0.05) is 0 Å². The summed E-state index contributed by atoms with van der Waals surface area (Å²) < 4.78 is 0. The number of hydrogen-bond acceptors (Lipinski definition) is 8. The fourth-order valence-electron chi connectivity index (χ4n) is 2.67. The molecular formula is C16H26N4O8S. The van der Waals surface area contributed by atoms with Crippen molar-refractivity contribution < 1.29 is 39.3 Å². The number of thiol groups is 1. The minimum Gasteiger partial charge on any atom is -0.481 e. The van der Waals surface area contributed by atoms with E-state index in [9.17, 15) is 29.1 Å². The summed E-state index contributed by atoms with van der Waals surface area (Å²) in [4.78, 5) is 58.7. The number of aliphatic hydroxyl groups excluding tert-OH is 1. The zero-order valence-corrected chi connectivity index (χ0v) is 16.6. The van der Waals surface area contributed by atoms with Crippen molar-refractivity contribution in [2.75, 3.05) is 12.3 Å². The molecule has 1 aliphatic heterocycles. The van der Waals surface area contributed by atoms with E-state index in [0.29, 0.717) is 13.0 Å². The van der Waals surface area contributed by atoms with E-state index in [1.165, 1.54) is 6.92 Å². The fraction of sp³-hybridized carbons (Fsp3) is 0.688. The van der Waals surface area contributed by atoms with Crippen LogP contribution in [0.4, 0.5) is 0 Å². The maximum absolute atomic E-state index is 12.4. The summed E-state index contributed by atoms with van der Waals surface area (Å²) in [5.41, 5.74) is 0. The summed E-state index contributed by atoms with van der Waals surface area (Å²) in [6, 6.07) is -4.85. The third kappa shape index (κ3) is 7.87. The smallest absolute Gasteiger partial charge is 0.326 e. The molecule has 0 aromatic rings. The highest BCUT2D eigenvalue weighted by Gasteiger charge is 2.33. The molecule has 1 heterocycles. The monoisotopic (exact) mass is 434 g/mol. The quantitative estimate of drug-likeness (QED) is 0.157. The first kappa shape index (κ1) is 24.7. The van der Waals surface area contributed by atoms with Crippen molar-refractivity contribution in [3.05, 3.63) is 0 Å². The molecule has 29 heavy (non-hydrogen) atoms. The molecule has 12 nitrogen and oxygen atoms in total. The molecule has 5 unspecified atom stereocenters. The van der Waals surface area contributed by atoms with Crippen LogP contribution in [0.2, 0.25) is 0 Å². The lowest BCUT2D eigenvalue weighted by Crippen LogP contribution is -2.60. The van der Waals surface area contributed by atoms with E-state index in [4.69, 9.17) is 10.2 Å². The van der Waals surface area contributed by atoms with Gasteiger partial charge >= 0.3 is 11.9 Å². The molecule has 1 rings (SSSR count). The number of carbonyl (C=O) groups is 5. The van der Waals surface area contributed by atoms with Crippen molar-refractivity contribution in [2.24, 2.45) is 0 Å². The summed E-state index contributed by atoms with van der Waals surface area (Å²) in [6.07, 6.45) is -0.871. The second-order valence-corrected chi connectivity index (χ2v) is 6.98. The van der Waals surface area contributed by atoms with Gasteiger partial charge in [-0.2, -0.15) is 12.6 Å². The number of rotatable bonds is 11. The van der Waals surface area contributed by atoms with E-state index in [1.54, 1.807) is 0 Å². The lowest BCUT2D eigenvalue weighted by Gasteiger charge is -2.25. The zero-order valence-electron chi connectivity index (χ0n) is 15.8. The van der Waals surface area contributed by atoms with E-state index >= 15 is 0 Å². The van der Waals surface area contributed by atoms with Gasteiger partial charge in [-0.15, -0.1) is 0 Å². The number of hydrogen-bond donors (Lipinski definition) is 8. The summed E-state index contributed by atoms with van der Waals surface area (Å²) in [5, 5.41) is 37.2. The molecule has 0 radical (unpaired) electrons.